The maximum atomic E-state index is 14.8. The Bertz CT molecular complexity index is 1530. The number of hydrogen-bond acceptors (Lipinski definition) is 6. The summed E-state index contributed by atoms with van der Waals surface area (Å²) in [5.74, 6) is 0.0463. The van der Waals surface area contributed by atoms with Crippen molar-refractivity contribution in [1.82, 2.24) is 19.6 Å². The lowest BCUT2D eigenvalue weighted by Gasteiger charge is -2.37. The number of nitrogens with zero attached hydrogens (tertiary/aromatic N) is 5. The Morgan fingerprint density at radius 1 is 1.04 bits per heavy atom. The van der Waals surface area contributed by atoms with E-state index in [1.54, 1.807) is 0 Å². The van der Waals surface area contributed by atoms with Crippen LogP contribution < -0.4 is 0 Å². The third-order valence-corrected chi connectivity index (χ3v) is 11.7. The Labute approximate surface area is 281 Å². The molecule has 4 heterocycles. The predicted octanol–water partition coefficient (Wildman–Crippen LogP) is 7.17. The van der Waals surface area contributed by atoms with E-state index >= 15 is 0 Å². The number of rotatable bonds is 7. The minimum Gasteiger partial charge on any atom is -0.340 e. The van der Waals surface area contributed by atoms with E-state index in [1.165, 1.54) is 11.8 Å². The number of carbonyl (C=O) groups is 2. The number of hydrogen-bond donors (Lipinski definition) is 0. The molecule has 5 atom stereocenters. The Balaban J connectivity index is 1.39. The van der Waals surface area contributed by atoms with Crippen LogP contribution in [0.25, 0.3) is 0 Å². The molecule has 2 saturated heterocycles. The quantitative estimate of drug-likeness (QED) is 0.313. The number of fused-ring (bicyclic) bond motifs is 1. The van der Waals surface area contributed by atoms with Crippen LogP contribution in [0.1, 0.15) is 70.5 Å². The van der Waals surface area contributed by atoms with Gasteiger partial charge in [0.05, 0.1) is 6.04 Å². The minimum absolute atomic E-state index is 0.0244. The van der Waals surface area contributed by atoms with Gasteiger partial charge in [-0.25, -0.2) is 4.99 Å². The molecule has 0 N–H and O–H groups in total. The molecule has 0 saturated carbocycles. The van der Waals surface area contributed by atoms with E-state index in [2.05, 4.69) is 56.7 Å². The molecule has 0 bridgehead atoms. The van der Waals surface area contributed by atoms with Crippen molar-refractivity contribution in [1.29, 1.82) is 0 Å². The summed E-state index contributed by atoms with van der Waals surface area (Å²) in [5.41, 5.74) is 2.43. The number of likely N-dealkylation sites (tertiary alicyclic amines) is 2. The van der Waals surface area contributed by atoms with Crippen molar-refractivity contribution in [2.24, 2.45) is 10.9 Å². The smallest absolute Gasteiger partial charge is 0.263 e. The number of thioether (sulfide) groups is 1. The SMILES string of the molecule is CCC1CCC(C(=O)N(C)[C@H]2CCN(C)C2)N1C(=O)C1=C(C(C)C)N2C(=N[C@@](C)(c3ccc(Cl)cc3)[C@H]2c2ccc(Cl)cc2)S1. The summed E-state index contributed by atoms with van der Waals surface area (Å²) < 4.78 is 0. The van der Waals surface area contributed by atoms with Crippen LogP contribution in [0.2, 0.25) is 10.0 Å². The fourth-order valence-corrected chi connectivity index (χ4v) is 9.26. The molecule has 0 aromatic heterocycles. The summed E-state index contributed by atoms with van der Waals surface area (Å²) in [6, 6.07) is 15.4. The normalized spacial score (nSPS) is 28.3. The number of likely N-dealkylation sites (N-methyl/N-ethyl adjacent to an activating group) is 2. The average Bonchev–Trinajstić information content (AvgIpc) is 3.78. The number of amides is 2. The zero-order valence-electron chi connectivity index (χ0n) is 27.0. The summed E-state index contributed by atoms with van der Waals surface area (Å²) in [6.07, 6.45) is 3.30. The second-order valence-electron chi connectivity index (χ2n) is 13.4. The largest absolute Gasteiger partial charge is 0.340 e. The molecule has 2 aromatic rings. The molecule has 2 fully saturated rings. The summed E-state index contributed by atoms with van der Waals surface area (Å²) in [7, 11) is 4.01. The van der Waals surface area contributed by atoms with Crippen molar-refractivity contribution >= 4 is 51.9 Å². The third kappa shape index (κ3) is 5.70. The minimum atomic E-state index is -0.634. The van der Waals surface area contributed by atoms with E-state index in [9.17, 15) is 9.59 Å². The molecule has 7 nitrogen and oxygen atoms in total. The number of amidine groups is 1. The van der Waals surface area contributed by atoms with Crippen LogP contribution in [0.4, 0.5) is 0 Å². The third-order valence-electron chi connectivity index (χ3n) is 10.1. The van der Waals surface area contributed by atoms with Crippen LogP contribution in [0.5, 0.6) is 0 Å². The van der Waals surface area contributed by atoms with Gasteiger partial charge in [0.15, 0.2) is 5.17 Å². The van der Waals surface area contributed by atoms with Crippen LogP contribution >= 0.6 is 35.0 Å². The summed E-state index contributed by atoms with van der Waals surface area (Å²) in [5, 5.41) is 2.15. The van der Waals surface area contributed by atoms with E-state index in [4.69, 9.17) is 28.2 Å². The number of benzene rings is 2. The molecule has 4 aliphatic heterocycles. The van der Waals surface area contributed by atoms with Crippen molar-refractivity contribution in [3.8, 4) is 0 Å². The van der Waals surface area contributed by atoms with Gasteiger partial charge in [-0.2, -0.15) is 0 Å². The lowest BCUT2D eigenvalue weighted by molar-refractivity contribution is -0.143. The summed E-state index contributed by atoms with van der Waals surface area (Å²) in [4.78, 5) is 43.2. The monoisotopic (exact) mass is 667 g/mol. The topological polar surface area (TPSA) is 59.5 Å². The number of allylic oxidation sites excluding steroid dienone is 1. The molecule has 10 heteroatoms. The van der Waals surface area contributed by atoms with Crippen LogP contribution in [0.15, 0.2) is 64.1 Å². The van der Waals surface area contributed by atoms with Gasteiger partial charge < -0.3 is 19.6 Å². The van der Waals surface area contributed by atoms with Crippen molar-refractivity contribution in [3.05, 3.63) is 80.3 Å². The van der Waals surface area contributed by atoms with E-state index < -0.39 is 11.6 Å². The van der Waals surface area contributed by atoms with E-state index in [1.807, 2.05) is 53.2 Å². The standard InChI is InChI=1S/C35H43Cl2N5O2S/c1-7-26-16-17-28(32(43)40(6)27-18-19-39(5)20-27)41(26)33(44)30-29(21(2)3)42-31(22-8-12-24(36)13-9-22)35(4,38-34(42)45-30)23-10-14-25(37)15-11-23/h8-15,21,26-28,31H,7,16-20H2,1-6H3/t26?,27-,28?,31+,35-/m0/s1. The predicted molar refractivity (Wildman–Crippen MR) is 184 cm³/mol. The van der Waals surface area contributed by atoms with Crippen molar-refractivity contribution in [3.63, 3.8) is 0 Å². The van der Waals surface area contributed by atoms with Crippen LogP contribution in [0.3, 0.4) is 0 Å². The highest BCUT2D eigenvalue weighted by Crippen LogP contribution is 2.56. The van der Waals surface area contributed by atoms with Crippen molar-refractivity contribution in [2.45, 2.75) is 83.1 Å². The molecule has 0 spiro atoms. The summed E-state index contributed by atoms with van der Waals surface area (Å²) in [6.45, 7) is 10.4. The highest BCUT2D eigenvalue weighted by molar-refractivity contribution is 8.18. The molecular weight excluding hydrogens is 625 g/mol. The Morgan fingerprint density at radius 3 is 2.27 bits per heavy atom. The van der Waals surface area contributed by atoms with Gasteiger partial charge in [0, 0.05) is 41.4 Å². The molecule has 0 radical (unpaired) electrons. The Kier molecular flexibility index (Phi) is 9.07. The van der Waals surface area contributed by atoms with Gasteiger partial charge in [-0.1, -0.05) is 68.2 Å². The van der Waals surface area contributed by atoms with E-state index in [-0.39, 0.29) is 35.9 Å². The van der Waals surface area contributed by atoms with Gasteiger partial charge in [-0.15, -0.1) is 0 Å². The first-order valence-corrected chi connectivity index (χ1v) is 17.6. The highest BCUT2D eigenvalue weighted by Gasteiger charge is 2.54. The van der Waals surface area contributed by atoms with Gasteiger partial charge in [-0.05, 0) is 99.3 Å². The van der Waals surface area contributed by atoms with Gasteiger partial charge >= 0.3 is 0 Å². The van der Waals surface area contributed by atoms with E-state index in [0.717, 1.165) is 54.3 Å². The van der Waals surface area contributed by atoms with E-state index in [0.29, 0.717) is 21.4 Å². The number of halogens is 2. The Hall–Kier alpha value is -2.52. The number of carbonyl (C=O) groups excluding carboxylic acids is 2. The highest BCUT2D eigenvalue weighted by atomic mass is 35.5. The molecule has 6 rings (SSSR count). The molecule has 0 aliphatic carbocycles. The fraction of sp³-hybridized carbons (Fsp3) is 0.514. The Morgan fingerprint density at radius 2 is 1.69 bits per heavy atom. The maximum Gasteiger partial charge on any atom is 0.263 e. The van der Waals surface area contributed by atoms with Crippen molar-refractivity contribution < 1.29 is 9.59 Å². The number of aliphatic imine (C=N–C) groups is 1. The van der Waals surface area contributed by atoms with Crippen LogP contribution in [-0.2, 0) is 15.1 Å². The van der Waals surface area contributed by atoms with Gasteiger partial charge in [0.2, 0.25) is 5.91 Å². The first kappa shape index (κ1) is 32.4. The molecular formula is C35H43Cl2N5O2S. The van der Waals surface area contributed by atoms with Gasteiger partial charge in [0.25, 0.3) is 5.91 Å². The maximum absolute atomic E-state index is 14.8. The molecule has 45 heavy (non-hydrogen) atoms. The van der Waals surface area contributed by atoms with Crippen LogP contribution in [0, 0.1) is 5.92 Å². The lowest BCUT2D eigenvalue weighted by Crippen LogP contribution is -2.52. The first-order valence-electron chi connectivity index (χ1n) is 16.0. The molecule has 2 amide bonds. The molecule has 2 unspecified atom stereocenters. The molecule has 240 valence electrons. The average molecular weight is 669 g/mol. The molecule has 2 aromatic carbocycles. The lowest BCUT2D eigenvalue weighted by atomic mass is 9.81. The van der Waals surface area contributed by atoms with Gasteiger partial charge in [0.1, 0.15) is 16.5 Å². The fourth-order valence-electron chi connectivity index (χ4n) is 7.66. The summed E-state index contributed by atoms with van der Waals surface area (Å²) >= 11 is 14.1. The van der Waals surface area contributed by atoms with Gasteiger partial charge in [-0.3, -0.25) is 9.59 Å². The molecule has 4 aliphatic rings. The van der Waals surface area contributed by atoms with Crippen molar-refractivity contribution in [2.75, 3.05) is 27.2 Å². The second kappa shape index (κ2) is 12.6. The zero-order valence-corrected chi connectivity index (χ0v) is 29.3. The first-order chi connectivity index (χ1) is 21.4. The van der Waals surface area contributed by atoms with Crippen LogP contribution in [-0.4, -0.2) is 81.9 Å². The zero-order chi connectivity index (χ0) is 32.2. The second-order valence-corrected chi connectivity index (χ2v) is 15.2.